The molecule has 3 aromatic rings. The highest BCUT2D eigenvalue weighted by Gasteiger charge is 2.31. The summed E-state index contributed by atoms with van der Waals surface area (Å²) in [6.07, 6.45) is 3.00. The molecule has 0 saturated carbocycles. The third-order valence-corrected chi connectivity index (χ3v) is 5.31. The number of amides is 1. The number of hydrogen-bond donors (Lipinski definition) is 2. The van der Waals surface area contributed by atoms with Crippen LogP contribution in [0.4, 0.5) is 5.82 Å². The molecule has 1 unspecified atom stereocenters. The van der Waals surface area contributed by atoms with Gasteiger partial charge in [-0.25, -0.2) is 4.68 Å². The van der Waals surface area contributed by atoms with Crippen LogP contribution in [0.5, 0.6) is 17.2 Å². The van der Waals surface area contributed by atoms with Crippen molar-refractivity contribution in [3.63, 3.8) is 0 Å². The standard InChI is InChI=1S/C22H23N3O4/c1-4-13-5-7-15(8-6-13)25-22-17(12-23-25)16(11-20(26)24-22)14-9-18(28-2)21(27)19(10-14)29-3/h5-10,12,16,27H,4,11H2,1-3H3,(H,24,26). The van der Waals surface area contributed by atoms with Crippen LogP contribution in [0.15, 0.2) is 42.6 Å². The van der Waals surface area contributed by atoms with Gasteiger partial charge in [-0.1, -0.05) is 19.1 Å². The number of benzene rings is 2. The number of phenols is 1. The van der Waals surface area contributed by atoms with Gasteiger partial charge in [0.25, 0.3) is 0 Å². The zero-order chi connectivity index (χ0) is 20.5. The predicted molar refractivity (Wildman–Crippen MR) is 109 cm³/mol. The summed E-state index contributed by atoms with van der Waals surface area (Å²) in [7, 11) is 2.96. The van der Waals surface area contributed by atoms with Crippen molar-refractivity contribution in [2.24, 2.45) is 0 Å². The summed E-state index contributed by atoms with van der Waals surface area (Å²) in [5.41, 5.74) is 3.83. The Balaban J connectivity index is 1.80. The SMILES string of the molecule is CCc1ccc(-n2ncc3c2NC(=O)CC3c2cc(OC)c(O)c(OC)c2)cc1. The minimum atomic E-state index is -0.231. The summed E-state index contributed by atoms with van der Waals surface area (Å²) in [6.45, 7) is 2.11. The van der Waals surface area contributed by atoms with Crippen molar-refractivity contribution in [3.8, 4) is 22.9 Å². The molecule has 4 rings (SSSR count). The molecule has 29 heavy (non-hydrogen) atoms. The Morgan fingerprint density at radius 3 is 2.41 bits per heavy atom. The molecule has 1 aromatic heterocycles. The third kappa shape index (κ3) is 3.29. The largest absolute Gasteiger partial charge is 0.502 e. The predicted octanol–water partition coefficient (Wildman–Crippen LogP) is 3.63. The van der Waals surface area contributed by atoms with Crippen molar-refractivity contribution in [1.82, 2.24) is 9.78 Å². The van der Waals surface area contributed by atoms with Gasteiger partial charge in [0.05, 0.1) is 26.1 Å². The summed E-state index contributed by atoms with van der Waals surface area (Å²) in [5, 5.41) is 17.7. The van der Waals surface area contributed by atoms with Gasteiger partial charge in [-0.05, 0) is 41.8 Å². The molecule has 1 atom stereocenters. The second-order valence-electron chi connectivity index (χ2n) is 6.96. The van der Waals surface area contributed by atoms with Crippen LogP contribution in [0.1, 0.15) is 36.0 Å². The van der Waals surface area contributed by atoms with Gasteiger partial charge in [0.2, 0.25) is 11.7 Å². The number of aromatic hydroxyl groups is 1. The van der Waals surface area contributed by atoms with E-state index in [0.717, 1.165) is 23.2 Å². The van der Waals surface area contributed by atoms with E-state index in [0.29, 0.717) is 17.3 Å². The van der Waals surface area contributed by atoms with Crippen LogP contribution in [-0.2, 0) is 11.2 Å². The second kappa shape index (κ2) is 7.50. The first-order chi connectivity index (χ1) is 14.0. The number of fused-ring (bicyclic) bond motifs is 1. The van der Waals surface area contributed by atoms with Crippen LogP contribution in [0.2, 0.25) is 0 Å². The van der Waals surface area contributed by atoms with Gasteiger partial charge in [0.1, 0.15) is 5.82 Å². The smallest absolute Gasteiger partial charge is 0.226 e. The Morgan fingerprint density at radius 1 is 1.17 bits per heavy atom. The van der Waals surface area contributed by atoms with Gasteiger partial charge in [-0.2, -0.15) is 5.10 Å². The normalized spacial score (nSPS) is 15.6. The van der Waals surface area contributed by atoms with Crippen LogP contribution in [0.25, 0.3) is 5.69 Å². The Hall–Kier alpha value is -3.48. The second-order valence-corrected chi connectivity index (χ2v) is 6.96. The summed E-state index contributed by atoms with van der Waals surface area (Å²) < 4.78 is 12.3. The maximum absolute atomic E-state index is 12.5. The van der Waals surface area contributed by atoms with E-state index in [4.69, 9.17) is 9.47 Å². The topological polar surface area (TPSA) is 85.6 Å². The summed E-state index contributed by atoms with van der Waals surface area (Å²) in [4.78, 5) is 12.5. The minimum Gasteiger partial charge on any atom is -0.502 e. The number of rotatable bonds is 5. The van der Waals surface area contributed by atoms with Crippen LogP contribution >= 0.6 is 0 Å². The molecule has 7 nitrogen and oxygen atoms in total. The number of hydrogen-bond acceptors (Lipinski definition) is 5. The average Bonchev–Trinajstić information content (AvgIpc) is 3.17. The maximum atomic E-state index is 12.5. The van der Waals surface area contributed by atoms with Gasteiger partial charge < -0.3 is 19.9 Å². The average molecular weight is 393 g/mol. The molecule has 150 valence electrons. The van der Waals surface area contributed by atoms with E-state index in [-0.39, 0.29) is 24.0 Å². The highest BCUT2D eigenvalue weighted by atomic mass is 16.5. The number of methoxy groups -OCH3 is 2. The minimum absolute atomic E-state index is 0.0639. The Labute approximate surface area is 168 Å². The first kappa shape index (κ1) is 18.9. The summed E-state index contributed by atoms with van der Waals surface area (Å²) in [6, 6.07) is 11.6. The molecular formula is C22H23N3O4. The molecule has 0 radical (unpaired) electrons. The molecule has 0 aliphatic carbocycles. The molecule has 2 N–H and O–H groups in total. The van der Waals surface area contributed by atoms with Crippen molar-refractivity contribution in [3.05, 3.63) is 59.3 Å². The molecule has 0 spiro atoms. The number of nitrogens with one attached hydrogen (secondary N) is 1. The maximum Gasteiger partial charge on any atom is 0.226 e. The molecule has 0 bridgehead atoms. The van der Waals surface area contributed by atoms with Gasteiger partial charge in [-0.3, -0.25) is 4.79 Å². The number of nitrogens with zero attached hydrogens (tertiary/aromatic N) is 2. The lowest BCUT2D eigenvalue weighted by Crippen LogP contribution is -2.24. The number of phenolic OH excluding ortho intramolecular Hbond substituents is 1. The van der Waals surface area contributed by atoms with E-state index in [2.05, 4.69) is 29.5 Å². The number of ether oxygens (including phenoxy) is 2. The van der Waals surface area contributed by atoms with Crippen molar-refractivity contribution in [2.75, 3.05) is 19.5 Å². The van der Waals surface area contributed by atoms with Gasteiger partial charge in [-0.15, -0.1) is 0 Å². The van der Waals surface area contributed by atoms with Crippen molar-refractivity contribution in [1.29, 1.82) is 0 Å². The fourth-order valence-corrected chi connectivity index (χ4v) is 3.70. The highest BCUT2D eigenvalue weighted by molar-refractivity contribution is 5.94. The van der Waals surface area contributed by atoms with Crippen LogP contribution in [0.3, 0.4) is 0 Å². The van der Waals surface area contributed by atoms with Gasteiger partial charge >= 0.3 is 0 Å². The number of carbonyl (C=O) groups is 1. The molecule has 1 aliphatic rings. The first-order valence-electron chi connectivity index (χ1n) is 9.47. The molecule has 1 amide bonds. The van der Waals surface area contributed by atoms with Crippen molar-refractivity contribution in [2.45, 2.75) is 25.7 Å². The van der Waals surface area contributed by atoms with E-state index in [1.54, 1.807) is 23.0 Å². The Morgan fingerprint density at radius 2 is 1.83 bits per heavy atom. The van der Waals surface area contributed by atoms with E-state index in [1.165, 1.54) is 19.8 Å². The number of aromatic nitrogens is 2. The molecule has 2 heterocycles. The first-order valence-corrected chi connectivity index (χ1v) is 9.47. The molecule has 0 saturated heterocycles. The summed E-state index contributed by atoms with van der Waals surface area (Å²) >= 11 is 0. The number of carbonyl (C=O) groups excluding carboxylic acids is 1. The van der Waals surface area contributed by atoms with E-state index >= 15 is 0 Å². The molecule has 7 heteroatoms. The fourth-order valence-electron chi connectivity index (χ4n) is 3.70. The van der Waals surface area contributed by atoms with E-state index < -0.39 is 0 Å². The van der Waals surface area contributed by atoms with Crippen molar-refractivity contribution < 1.29 is 19.4 Å². The number of aryl methyl sites for hydroxylation is 1. The molecule has 2 aromatic carbocycles. The van der Waals surface area contributed by atoms with Crippen molar-refractivity contribution >= 4 is 11.7 Å². The molecular weight excluding hydrogens is 370 g/mol. The Kier molecular flexibility index (Phi) is 4.88. The zero-order valence-corrected chi connectivity index (χ0v) is 16.6. The van der Waals surface area contributed by atoms with Crippen LogP contribution < -0.4 is 14.8 Å². The fraction of sp³-hybridized carbons (Fsp3) is 0.273. The lowest BCUT2D eigenvalue weighted by Gasteiger charge is -2.24. The molecule has 0 fully saturated rings. The highest BCUT2D eigenvalue weighted by Crippen LogP contribution is 2.44. The number of anilines is 1. The third-order valence-electron chi connectivity index (χ3n) is 5.31. The lowest BCUT2D eigenvalue weighted by atomic mass is 9.87. The van der Waals surface area contributed by atoms with Gasteiger partial charge in [0, 0.05) is 17.9 Å². The molecule has 1 aliphatic heterocycles. The van der Waals surface area contributed by atoms with E-state index in [1.807, 2.05) is 12.1 Å². The van der Waals surface area contributed by atoms with Crippen LogP contribution in [0, 0.1) is 0 Å². The zero-order valence-electron chi connectivity index (χ0n) is 16.6. The van der Waals surface area contributed by atoms with Crippen LogP contribution in [-0.4, -0.2) is 35.0 Å². The monoisotopic (exact) mass is 393 g/mol. The van der Waals surface area contributed by atoms with E-state index in [9.17, 15) is 9.90 Å². The summed E-state index contributed by atoms with van der Waals surface area (Å²) in [5.74, 6) is 0.863. The quantitative estimate of drug-likeness (QED) is 0.691. The lowest BCUT2D eigenvalue weighted by molar-refractivity contribution is -0.116. The van der Waals surface area contributed by atoms with Gasteiger partial charge in [0.15, 0.2) is 11.5 Å². The Bertz CT molecular complexity index is 1030.